The Morgan fingerprint density at radius 3 is 3.00 bits per heavy atom. The van der Waals surface area contributed by atoms with Gasteiger partial charge in [-0.25, -0.2) is 9.97 Å². The van der Waals surface area contributed by atoms with Gasteiger partial charge in [-0.05, 0) is 12.1 Å². The normalized spacial score (nSPS) is 10.3. The van der Waals surface area contributed by atoms with E-state index in [2.05, 4.69) is 15.3 Å². The highest BCUT2D eigenvalue weighted by atomic mass is 35.5. The molecule has 0 bridgehead atoms. The fraction of sp³-hybridized carbons (Fsp3) is 0.111. The summed E-state index contributed by atoms with van der Waals surface area (Å²) in [6.45, 7) is 0. The van der Waals surface area contributed by atoms with Crippen LogP contribution in [0.2, 0.25) is 5.15 Å². The van der Waals surface area contributed by atoms with Gasteiger partial charge >= 0.3 is 0 Å². The number of hydrogen-bond acceptors (Lipinski definition) is 3. The highest BCUT2D eigenvalue weighted by Crippen LogP contribution is 2.16. The summed E-state index contributed by atoms with van der Waals surface area (Å²) < 4.78 is 0. The van der Waals surface area contributed by atoms with Crippen LogP contribution in [-0.4, -0.2) is 17.0 Å². The van der Waals surface area contributed by atoms with Gasteiger partial charge in [-0.15, -0.1) is 0 Å². The Bertz CT molecular complexity index is 442. The molecule has 0 aliphatic heterocycles. The van der Waals surface area contributed by atoms with Gasteiger partial charge in [0.15, 0.2) is 0 Å². The number of aromatic nitrogens is 2. The van der Waals surface area contributed by atoms with Crippen LogP contribution < -0.4 is 5.32 Å². The molecule has 3 nitrogen and oxygen atoms in total. The highest BCUT2D eigenvalue weighted by molar-refractivity contribution is 6.29. The molecule has 0 unspecified atom stereocenters. The third-order valence-corrected chi connectivity index (χ3v) is 2.01. The van der Waals surface area contributed by atoms with Crippen LogP contribution in [-0.2, 0) is 0 Å². The van der Waals surface area contributed by atoms with Crippen molar-refractivity contribution in [2.75, 3.05) is 12.4 Å². The molecule has 0 saturated carbocycles. The number of anilines is 1. The van der Waals surface area contributed by atoms with Gasteiger partial charge < -0.3 is 5.32 Å². The second kappa shape index (κ2) is 3.18. The average molecular weight is 194 g/mol. The van der Waals surface area contributed by atoms with Gasteiger partial charge in [-0.1, -0.05) is 11.6 Å². The number of rotatable bonds is 1. The molecular weight excluding hydrogens is 186 g/mol. The van der Waals surface area contributed by atoms with Crippen molar-refractivity contribution < 1.29 is 0 Å². The van der Waals surface area contributed by atoms with Crippen LogP contribution in [0, 0.1) is 0 Å². The minimum atomic E-state index is 0.501. The maximum Gasteiger partial charge on any atom is 0.129 e. The smallest absolute Gasteiger partial charge is 0.129 e. The number of fused-ring (bicyclic) bond motifs is 1. The first kappa shape index (κ1) is 8.26. The molecule has 2 rings (SSSR count). The summed E-state index contributed by atoms with van der Waals surface area (Å²) in [5.41, 5.74) is 0.854. The monoisotopic (exact) mass is 193 g/mol. The third kappa shape index (κ3) is 1.55. The van der Waals surface area contributed by atoms with E-state index in [1.807, 2.05) is 19.2 Å². The van der Waals surface area contributed by atoms with Crippen molar-refractivity contribution in [1.29, 1.82) is 0 Å². The fourth-order valence-electron chi connectivity index (χ4n) is 1.13. The van der Waals surface area contributed by atoms with Crippen LogP contribution in [0.1, 0.15) is 0 Å². The lowest BCUT2D eigenvalue weighted by Crippen LogP contribution is -1.92. The fourth-order valence-corrected chi connectivity index (χ4v) is 1.28. The standard InChI is InChI=1S/C9H8ClN3/c1-11-9-4-7-6(5-12-9)2-3-8(10)13-7/h2-5H,1H3,(H,11,12). The largest absolute Gasteiger partial charge is 0.373 e. The predicted octanol–water partition coefficient (Wildman–Crippen LogP) is 2.32. The molecule has 2 aromatic heterocycles. The Labute approximate surface area is 80.8 Å². The molecule has 4 heteroatoms. The lowest BCUT2D eigenvalue weighted by Gasteiger charge is -2.00. The van der Waals surface area contributed by atoms with Crippen molar-refractivity contribution >= 4 is 28.3 Å². The SMILES string of the molecule is CNc1cc2nc(Cl)ccc2cn1. The Morgan fingerprint density at radius 1 is 1.38 bits per heavy atom. The Morgan fingerprint density at radius 2 is 2.23 bits per heavy atom. The molecule has 0 amide bonds. The van der Waals surface area contributed by atoms with Crippen LogP contribution in [0.15, 0.2) is 24.4 Å². The molecule has 0 atom stereocenters. The lowest BCUT2D eigenvalue weighted by molar-refractivity contribution is 1.29. The van der Waals surface area contributed by atoms with Crippen molar-refractivity contribution in [2.45, 2.75) is 0 Å². The maximum absolute atomic E-state index is 5.76. The van der Waals surface area contributed by atoms with E-state index < -0.39 is 0 Å². The van der Waals surface area contributed by atoms with Gasteiger partial charge in [0.25, 0.3) is 0 Å². The zero-order valence-corrected chi connectivity index (χ0v) is 7.84. The van der Waals surface area contributed by atoms with Crippen LogP contribution in [0.5, 0.6) is 0 Å². The molecule has 0 saturated heterocycles. The maximum atomic E-state index is 5.76. The molecule has 0 aromatic carbocycles. The van der Waals surface area contributed by atoms with Crippen LogP contribution in [0.3, 0.4) is 0 Å². The summed E-state index contributed by atoms with van der Waals surface area (Å²) in [6, 6.07) is 5.52. The minimum Gasteiger partial charge on any atom is -0.373 e. The lowest BCUT2D eigenvalue weighted by atomic mass is 10.3. The van der Waals surface area contributed by atoms with Gasteiger partial charge in [-0.2, -0.15) is 0 Å². The summed E-state index contributed by atoms with van der Waals surface area (Å²) in [5.74, 6) is 0.794. The Hall–Kier alpha value is -1.35. The summed E-state index contributed by atoms with van der Waals surface area (Å²) in [6.07, 6.45) is 1.77. The molecule has 2 heterocycles. The summed E-state index contributed by atoms with van der Waals surface area (Å²) in [5, 5.41) is 4.43. The number of halogens is 1. The molecule has 13 heavy (non-hydrogen) atoms. The van der Waals surface area contributed by atoms with Crippen molar-refractivity contribution in [3.05, 3.63) is 29.5 Å². The zero-order valence-electron chi connectivity index (χ0n) is 7.08. The highest BCUT2D eigenvalue weighted by Gasteiger charge is 1.97. The van der Waals surface area contributed by atoms with Gasteiger partial charge in [-0.3, -0.25) is 0 Å². The summed E-state index contributed by atoms with van der Waals surface area (Å²) >= 11 is 5.76. The van der Waals surface area contributed by atoms with E-state index in [0.29, 0.717) is 5.15 Å². The number of hydrogen-bond donors (Lipinski definition) is 1. The van der Waals surface area contributed by atoms with E-state index in [9.17, 15) is 0 Å². The molecule has 2 aromatic rings. The van der Waals surface area contributed by atoms with E-state index >= 15 is 0 Å². The first-order valence-electron chi connectivity index (χ1n) is 3.89. The molecule has 0 aliphatic carbocycles. The molecule has 1 N–H and O–H groups in total. The zero-order chi connectivity index (χ0) is 9.26. The number of nitrogens with one attached hydrogen (secondary N) is 1. The van der Waals surface area contributed by atoms with E-state index in [1.165, 1.54) is 0 Å². The molecular formula is C9H8ClN3. The average Bonchev–Trinajstić information content (AvgIpc) is 2.16. The van der Waals surface area contributed by atoms with Crippen molar-refractivity contribution in [1.82, 2.24) is 9.97 Å². The van der Waals surface area contributed by atoms with E-state index in [4.69, 9.17) is 11.6 Å². The molecule has 66 valence electrons. The van der Waals surface area contributed by atoms with Crippen LogP contribution in [0.25, 0.3) is 10.9 Å². The summed E-state index contributed by atoms with van der Waals surface area (Å²) in [7, 11) is 1.82. The minimum absolute atomic E-state index is 0.501. The summed E-state index contributed by atoms with van der Waals surface area (Å²) in [4.78, 5) is 8.33. The van der Waals surface area contributed by atoms with E-state index in [1.54, 1.807) is 12.3 Å². The number of pyridine rings is 2. The predicted molar refractivity (Wildman–Crippen MR) is 54.1 cm³/mol. The van der Waals surface area contributed by atoms with E-state index in [0.717, 1.165) is 16.7 Å². The first-order chi connectivity index (χ1) is 6.29. The van der Waals surface area contributed by atoms with E-state index in [-0.39, 0.29) is 0 Å². The van der Waals surface area contributed by atoms with Gasteiger partial charge in [0.1, 0.15) is 11.0 Å². The molecule has 0 spiro atoms. The second-order valence-electron chi connectivity index (χ2n) is 2.65. The topological polar surface area (TPSA) is 37.8 Å². The second-order valence-corrected chi connectivity index (χ2v) is 3.03. The van der Waals surface area contributed by atoms with Gasteiger partial charge in [0, 0.05) is 24.7 Å². The van der Waals surface area contributed by atoms with Crippen molar-refractivity contribution in [2.24, 2.45) is 0 Å². The molecule has 0 radical (unpaired) electrons. The quantitative estimate of drug-likeness (QED) is 0.707. The van der Waals surface area contributed by atoms with Crippen molar-refractivity contribution in [3.63, 3.8) is 0 Å². The van der Waals surface area contributed by atoms with Gasteiger partial charge in [0.05, 0.1) is 5.52 Å². The van der Waals surface area contributed by atoms with Gasteiger partial charge in [0.2, 0.25) is 0 Å². The Kier molecular flexibility index (Phi) is 2.02. The molecule has 0 fully saturated rings. The van der Waals surface area contributed by atoms with Crippen molar-refractivity contribution in [3.8, 4) is 0 Å². The third-order valence-electron chi connectivity index (χ3n) is 1.80. The first-order valence-corrected chi connectivity index (χ1v) is 4.27. The van der Waals surface area contributed by atoms with Crippen LogP contribution in [0.4, 0.5) is 5.82 Å². The molecule has 0 aliphatic rings. The Balaban J connectivity index is 2.68. The number of nitrogens with zero attached hydrogens (tertiary/aromatic N) is 2. The van der Waals surface area contributed by atoms with Crippen LogP contribution >= 0.6 is 11.6 Å².